The van der Waals surface area contributed by atoms with Crippen LogP contribution in [0.2, 0.25) is 0 Å². The van der Waals surface area contributed by atoms with Crippen LogP contribution < -0.4 is 27.7 Å². The van der Waals surface area contributed by atoms with Gasteiger partial charge in [0.05, 0.1) is 73.9 Å². The average Bonchev–Trinajstić information content (AvgIpc) is 4.30. The minimum atomic E-state index is -0.139. The molecule has 0 radical (unpaired) electrons. The maximum Gasteiger partial charge on any atom is 2.00 e. The molecule has 8 aromatic rings. The standard InChI is InChI=1S/6C8H13PS.2C6H6.8S.6W/c6*1-3-9(4-2)8-6-5-7-10-8;2*1-2-4-6-5-3-1;;;;;;;;;;;;;;/h6*5-7H,3-4H2,1-2H3;2*1-6H;;;;;;;;;;;;;;/q;;;;;;;;8*-2;;;;;2*+2/p+6. The normalized spacial score (nSPS) is 8.58. The molecule has 2 aromatic carbocycles. The van der Waals surface area contributed by atoms with Gasteiger partial charge in [-0.1, -0.05) is 72.8 Å². The van der Waals surface area contributed by atoms with E-state index in [0.717, 1.165) is 0 Å². The quantitative estimate of drug-likeness (QED) is 0.0751. The van der Waals surface area contributed by atoms with E-state index in [-0.39, 0.29) is 282 Å². The van der Waals surface area contributed by atoms with E-state index in [9.17, 15) is 0 Å². The molecule has 0 unspecified atom stereocenters. The Hall–Kier alpha value is 6.15. The summed E-state index contributed by atoms with van der Waals surface area (Å²) in [6, 6.07) is 50.7. The third-order valence-electron chi connectivity index (χ3n) is 11.7. The van der Waals surface area contributed by atoms with E-state index in [1.165, 1.54) is 73.9 Å². The van der Waals surface area contributed by atoms with Crippen molar-refractivity contribution < 1.29 is 126 Å². The van der Waals surface area contributed by atoms with Crippen LogP contribution >= 0.6 is 116 Å². The molecule has 0 atom stereocenters. The van der Waals surface area contributed by atoms with Crippen LogP contribution in [0.4, 0.5) is 0 Å². The molecule has 0 nitrogen and oxygen atoms in total. The summed E-state index contributed by atoms with van der Waals surface area (Å²) in [5, 5.41) is 13.1. The van der Waals surface area contributed by atoms with Crippen LogP contribution in [-0.4, -0.2) is 73.9 Å². The molecule has 492 valence electrons. The smallest absolute Gasteiger partial charge is 2.00 e. The van der Waals surface area contributed by atoms with Crippen LogP contribution in [0.3, 0.4) is 0 Å². The van der Waals surface area contributed by atoms with Crippen LogP contribution in [0.1, 0.15) is 83.1 Å². The van der Waals surface area contributed by atoms with Gasteiger partial charge >= 0.3 is 42.1 Å². The Morgan fingerprint density at radius 3 is 0.349 bits per heavy atom. The fourth-order valence-corrected chi connectivity index (χ4v) is 29.6. The molecule has 0 saturated heterocycles. The fourth-order valence-electron chi connectivity index (χ4n) is 7.24. The van der Waals surface area contributed by atoms with Gasteiger partial charge in [0, 0.05) is 132 Å². The van der Waals surface area contributed by atoms with Gasteiger partial charge in [-0.05, 0) is 188 Å². The maximum absolute atomic E-state index is 2.30. The molecule has 26 heteroatoms. The Morgan fingerprint density at radius 2 is 0.291 bits per heavy atom. The van der Waals surface area contributed by atoms with Crippen molar-refractivity contribution in [2.75, 3.05) is 73.9 Å². The van der Waals surface area contributed by atoms with Gasteiger partial charge in [-0.15, -0.1) is 68.0 Å². The molecule has 0 aliphatic carbocycles. The van der Waals surface area contributed by atoms with E-state index in [1.54, 1.807) is 27.7 Å². The summed E-state index contributed by atoms with van der Waals surface area (Å²) in [6.45, 7) is 27.6. The Kier molecular flexibility index (Phi) is 133. The SMILES string of the molecule is CC[PH+](CC)c1cccs1.CC[PH+](CC)c1cccs1.CC[PH+](CC)c1cccs1.CC[PH+](CC)c1cccs1.CC[PH+](CC)c1cccs1.CC[PH+](CC)c1cccs1.[S-2].[S-2].[S-2].[S-2].[S-2].[S-2].[S-2].[S-2].[W+2].[W+2].[W].[W].[W].[W].c1ccccc1.c1ccccc1. The first-order valence-electron chi connectivity index (χ1n) is 26.6. The fraction of sp³-hybridized carbons (Fsp3) is 0.400. The summed E-state index contributed by atoms with van der Waals surface area (Å²) in [6.07, 6.45) is 16.5. The van der Waals surface area contributed by atoms with E-state index < -0.39 is 0 Å². The van der Waals surface area contributed by atoms with E-state index in [0.29, 0.717) is 0 Å². The summed E-state index contributed by atoms with van der Waals surface area (Å²) < 4.78 is 9.89. The second kappa shape index (κ2) is 91.1. The van der Waals surface area contributed by atoms with Crippen LogP contribution in [-0.2, 0) is 234 Å². The summed E-state index contributed by atoms with van der Waals surface area (Å²) >= 11 is 11.6. The van der Waals surface area contributed by atoms with Crippen molar-refractivity contribution in [3.8, 4) is 0 Å². The Bertz CT molecular complexity index is 1780. The summed E-state index contributed by atoms with van der Waals surface area (Å²) in [7, 11) is -0.836. The van der Waals surface area contributed by atoms with Crippen molar-refractivity contribution in [1.82, 2.24) is 0 Å². The van der Waals surface area contributed by atoms with Crippen LogP contribution in [0.15, 0.2) is 178 Å². The summed E-state index contributed by atoms with van der Waals surface area (Å²) in [4.78, 5) is 0. The van der Waals surface area contributed by atoms with Gasteiger partial charge in [0.2, 0.25) is 0 Å². The van der Waals surface area contributed by atoms with Gasteiger partial charge in [0.15, 0.2) is 0 Å². The van der Waals surface area contributed by atoms with Gasteiger partial charge in [0.1, 0.15) is 27.7 Å². The van der Waals surface area contributed by atoms with Crippen molar-refractivity contribution >= 4 is 251 Å². The van der Waals surface area contributed by atoms with E-state index in [1.807, 2.05) is 141 Å². The second-order valence-electron chi connectivity index (χ2n) is 16.0. The molecular weight excluding hydrogens is 2460 g/mol. The van der Waals surface area contributed by atoms with Crippen molar-refractivity contribution in [2.24, 2.45) is 0 Å². The minimum Gasteiger partial charge on any atom is -2.00 e. The predicted octanol–water partition coefficient (Wildman–Crippen LogP) is 19.1. The number of hydrogen-bond acceptors (Lipinski definition) is 6. The molecule has 6 heterocycles. The molecule has 86 heavy (non-hydrogen) atoms. The first-order chi connectivity index (χ1) is 35.3. The molecule has 0 aliphatic heterocycles. The average molecular weight is 2560 g/mol. The number of rotatable bonds is 18. The molecule has 0 aliphatic rings. The topological polar surface area (TPSA) is 0 Å². The predicted molar refractivity (Wildman–Crippen MR) is 432 cm³/mol. The van der Waals surface area contributed by atoms with Gasteiger partial charge in [-0.2, -0.15) is 0 Å². The summed E-state index contributed by atoms with van der Waals surface area (Å²) in [5.41, 5.74) is 0. The largest absolute Gasteiger partial charge is 2.00 e. The Balaban J connectivity index is -0.0000000564. The zero-order valence-electron chi connectivity index (χ0n) is 52.0. The first kappa shape index (κ1) is 125. The molecule has 0 spiro atoms. The maximum atomic E-state index is 2.30. The molecular formula is C60H96P6S14W6-6. The van der Waals surface area contributed by atoms with E-state index >= 15 is 0 Å². The van der Waals surface area contributed by atoms with Crippen molar-refractivity contribution in [3.63, 3.8) is 0 Å². The van der Waals surface area contributed by atoms with Crippen molar-refractivity contribution in [3.05, 3.63) is 178 Å². The van der Waals surface area contributed by atoms with Crippen molar-refractivity contribution in [2.45, 2.75) is 83.1 Å². The second-order valence-corrected chi connectivity index (χ2v) is 42.9. The third kappa shape index (κ3) is 61.3. The number of thiophene rings is 6. The zero-order chi connectivity index (χ0) is 52.9. The molecule has 0 fully saturated rings. The van der Waals surface area contributed by atoms with Gasteiger partial charge in [-0.25, -0.2) is 0 Å². The van der Waals surface area contributed by atoms with Crippen LogP contribution in [0.5, 0.6) is 0 Å². The Labute approximate surface area is 701 Å². The van der Waals surface area contributed by atoms with E-state index in [2.05, 4.69) is 188 Å². The molecule has 6 aromatic heterocycles. The number of hydrogen-bond donors (Lipinski definition) is 0. The summed E-state index contributed by atoms with van der Waals surface area (Å²) in [5.74, 6) is 0. The van der Waals surface area contributed by atoms with Gasteiger partial charge < -0.3 is 108 Å². The molecule has 0 saturated carbocycles. The zero-order valence-corrected chi connectivity index (χ0v) is 87.0. The molecule has 8 rings (SSSR count). The Morgan fingerprint density at radius 1 is 0.198 bits per heavy atom. The van der Waals surface area contributed by atoms with Gasteiger partial charge in [-0.3, -0.25) is 0 Å². The molecule has 0 bridgehead atoms. The molecule has 0 N–H and O–H groups in total. The van der Waals surface area contributed by atoms with Crippen LogP contribution in [0, 0.1) is 0 Å². The van der Waals surface area contributed by atoms with Crippen LogP contribution in [0.25, 0.3) is 0 Å². The van der Waals surface area contributed by atoms with E-state index in [4.69, 9.17) is 0 Å². The van der Waals surface area contributed by atoms with Gasteiger partial charge in [0.25, 0.3) is 0 Å². The number of benzene rings is 2. The molecule has 0 amide bonds. The monoisotopic (exact) mass is 2550 g/mol. The first-order valence-corrected chi connectivity index (χ1v) is 43.4. The minimum absolute atomic E-state index is 0. The third-order valence-corrected chi connectivity index (χ3v) is 38.5. The van der Waals surface area contributed by atoms with Crippen molar-refractivity contribution in [1.29, 1.82) is 0 Å².